The van der Waals surface area contributed by atoms with E-state index in [9.17, 15) is 9.59 Å². The van der Waals surface area contributed by atoms with Crippen molar-refractivity contribution in [3.63, 3.8) is 0 Å². The topological polar surface area (TPSA) is 94.2 Å². The number of benzene rings is 1. The van der Waals surface area contributed by atoms with Crippen LogP contribution in [0.1, 0.15) is 17.0 Å². The summed E-state index contributed by atoms with van der Waals surface area (Å²) in [6.45, 7) is 4.12. The molecule has 0 saturated heterocycles. The van der Waals surface area contributed by atoms with Crippen molar-refractivity contribution < 1.29 is 4.79 Å². The Morgan fingerprint density at radius 3 is 2.63 bits per heavy atom. The Morgan fingerprint density at radius 2 is 1.87 bits per heavy atom. The van der Waals surface area contributed by atoms with Gasteiger partial charge in [-0.25, -0.2) is 19.4 Å². The van der Waals surface area contributed by atoms with Crippen LogP contribution in [0, 0.1) is 13.8 Å². The Balaban J connectivity index is 1.42. The molecule has 1 aromatic carbocycles. The number of aromatic nitrogens is 5. The van der Waals surface area contributed by atoms with E-state index in [1.54, 1.807) is 18.3 Å². The zero-order valence-electron chi connectivity index (χ0n) is 16.6. The largest absolute Gasteiger partial charge is 0.350 e. The molecule has 0 aliphatic carbocycles. The van der Waals surface area contributed by atoms with Gasteiger partial charge in [0.1, 0.15) is 0 Å². The van der Waals surface area contributed by atoms with Gasteiger partial charge in [-0.15, -0.1) is 5.10 Å². The van der Waals surface area contributed by atoms with E-state index in [1.165, 1.54) is 20.8 Å². The smallest absolute Gasteiger partial charge is 0.325 e. The molecule has 152 valence electrons. The maximum absolute atomic E-state index is 12.4. The van der Waals surface area contributed by atoms with Crippen molar-refractivity contribution >= 4 is 29.0 Å². The summed E-state index contributed by atoms with van der Waals surface area (Å²) < 4.78 is 2.90. The van der Waals surface area contributed by atoms with Crippen LogP contribution in [0.15, 0.2) is 64.7 Å². The lowest BCUT2D eigenvalue weighted by atomic mass is 10.2. The molecule has 8 nitrogen and oxygen atoms in total. The molecule has 0 bridgehead atoms. The summed E-state index contributed by atoms with van der Waals surface area (Å²) in [7, 11) is 0. The van der Waals surface area contributed by atoms with E-state index < -0.39 is 0 Å². The fourth-order valence-electron chi connectivity index (χ4n) is 3.08. The van der Waals surface area contributed by atoms with E-state index in [1.807, 2.05) is 50.2 Å². The highest BCUT2D eigenvalue weighted by molar-refractivity contribution is 7.99. The summed E-state index contributed by atoms with van der Waals surface area (Å²) in [4.78, 5) is 33.4. The number of hydrogen-bond donors (Lipinski definition) is 1. The van der Waals surface area contributed by atoms with Gasteiger partial charge in [0.05, 0.1) is 12.3 Å². The molecule has 0 unspecified atom stereocenters. The van der Waals surface area contributed by atoms with Gasteiger partial charge in [0.25, 0.3) is 0 Å². The molecule has 1 N–H and O–H groups in total. The second-order valence-corrected chi connectivity index (χ2v) is 7.78. The van der Waals surface area contributed by atoms with Crippen LogP contribution in [-0.4, -0.2) is 35.8 Å². The molecule has 1 amide bonds. The predicted molar refractivity (Wildman–Crippen MR) is 116 cm³/mol. The molecular formula is C21H20N6O2S. The Kier molecular flexibility index (Phi) is 5.62. The lowest BCUT2D eigenvalue weighted by Crippen LogP contribution is -2.21. The van der Waals surface area contributed by atoms with Gasteiger partial charge in [-0.1, -0.05) is 30.0 Å². The maximum Gasteiger partial charge on any atom is 0.350 e. The summed E-state index contributed by atoms with van der Waals surface area (Å²) in [6.07, 6.45) is 1.69. The number of hydrogen-bond acceptors (Lipinski definition) is 6. The first-order valence-corrected chi connectivity index (χ1v) is 10.3. The lowest BCUT2D eigenvalue weighted by Gasteiger charge is -2.07. The molecule has 0 atom stereocenters. The number of thioether (sulfide) groups is 1. The van der Waals surface area contributed by atoms with Crippen molar-refractivity contribution in [2.45, 2.75) is 25.5 Å². The predicted octanol–water partition coefficient (Wildman–Crippen LogP) is 2.68. The van der Waals surface area contributed by atoms with Gasteiger partial charge < -0.3 is 5.32 Å². The van der Waals surface area contributed by atoms with Crippen LogP contribution >= 0.6 is 11.8 Å². The first-order valence-electron chi connectivity index (χ1n) is 9.36. The Bertz CT molecular complexity index is 1260. The number of nitrogens with zero attached hydrogens (tertiary/aromatic N) is 5. The molecule has 0 spiro atoms. The van der Waals surface area contributed by atoms with Crippen molar-refractivity contribution in [3.8, 4) is 0 Å². The SMILES string of the molecule is Cc1cc(C)nc(SCC(=O)Nc2cccc(Cn3nc4ccccn4c3=O)c2)n1. The molecule has 9 heteroatoms. The standard InChI is InChI=1S/C21H20N6O2S/c1-14-10-15(2)23-20(22-14)30-13-19(28)24-17-7-5-6-16(11-17)12-27-21(29)26-9-4-3-8-18(26)25-27/h3-11H,12-13H2,1-2H3,(H,24,28). The Hall–Kier alpha value is -3.46. The highest BCUT2D eigenvalue weighted by atomic mass is 32.2. The number of fused-ring (bicyclic) bond motifs is 1. The van der Waals surface area contributed by atoms with Crippen molar-refractivity contribution in [2.75, 3.05) is 11.1 Å². The van der Waals surface area contributed by atoms with Gasteiger partial charge >= 0.3 is 5.69 Å². The number of carbonyl (C=O) groups excluding carboxylic acids is 1. The van der Waals surface area contributed by atoms with Crippen molar-refractivity contribution in [1.29, 1.82) is 0 Å². The van der Waals surface area contributed by atoms with Crippen LogP contribution in [0.2, 0.25) is 0 Å². The summed E-state index contributed by atoms with van der Waals surface area (Å²) in [5.41, 5.74) is 3.67. The fraction of sp³-hybridized carbons (Fsp3) is 0.190. The first kappa shape index (κ1) is 19.8. The van der Waals surface area contributed by atoms with Crippen LogP contribution in [-0.2, 0) is 11.3 Å². The molecule has 30 heavy (non-hydrogen) atoms. The molecule has 0 aliphatic heterocycles. The minimum Gasteiger partial charge on any atom is -0.325 e. The van der Waals surface area contributed by atoms with Crippen LogP contribution in [0.25, 0.3) is 5.65 Å². The zero-order valence-corrected chi connectivity index (χ0v) is 17.4. The van der Waals surface area contributed by atoms with Gasteiger partial charge in [-0.05, 0) is 49.7 Å². The first-order chi connectivity index (χ1) is 14.5. The maximum atomic E-state index is 12.4. The number of nitrogens with one attached hydrogen (secondary N) is 1. The van der Waals surface area contributed by atoms with Gasteiger partial charge in [-0.2, -0.15) is 0 Å². The molecule has 0 fully saturated rings. The third-order valence-corrected chi connectivity index (χ3v) is 5.17. The normalized spacial score (nSPS) is 11.0. The summed E-state index contributed by atoms with van der Waals surface area (Å²) in [5.74, 6) is 0.0590. The molecule has 0 radical (unpaired) electrons. The number of amides is 1. The zero-order chi connectivity index (χ0) is 21.1. The fourth-order valence-corrected chi connectivity index (χ4v) is 3.83. The third kappa shape index (κ3) is 4.57. The average molecular weight is 420 g/mol. The van der Waals surface area contributed by atoms with E-state index >= 15 is 0 Å². The number of carbonyl (C=O) groups is 1. The molecule has 0 saturated carbocycles. The van der Waals surface area contributed by atoms with Gasteiger partial charge in [0.15, 0.2) is 10.8 Å². The van der Waals surface area contributed by atoms with Crippen LogP contribution in [0.4, 0.5) is 5.69 Å². The summed E-state index contributed by atoms with van der Waals surface area (Å²) >= 11 is 1.29. The quantitative estimate of drug-likeness (QED) is 0.381. The highest BCUT2D eigenvalue weighted by Crippen LogP contribution is 2.16. The van der Waals surface area contributed by atoms with Gasteiger partial charge in [0, 0.05) is 23.3 Å². The van der Waals surface area contributed by atoms with E-state index in [0.29, 0.717) is 23.0 Å². The average Bonchev–Trinajstić information content (AvgIpc) is 3.02. The van der Waals surface area contributed by atoms with E-state index in [0.717, 1.165) is 17.0 Å². The van der Waals surface area contributed by atoms with Crippen LogP contribution in [0.5, 0.6) is 0 Å². The van der Waals surface area contributed by atoms with Crippen LogP contribution in [0.3, 0.4) is 0 Å². The molecule has 0 aliphatic rings. The van der Waals surface area contributed by atoms with Gasteiger partial charge in [0.2, 0.25) is 5.91 Å². The molecule has 4 aromatic rings. The second kappa shape index (κ2) is 8.50. The van der Waals surface area contributed by atoms with E-state index in [2.05, 4.69) is 20.4 Å². The minimum absolute atomic E-state index is 0.148. The highest BCUT2D eigenvalue weighted by Gasteiger charge is 2.09. The molecule has 3 heterocycles. The lowest BCUT2D eigenvalue weighted by molar-refractivity contribution is -0.113. The van der Waals surface area contributed by atoms with Crippen molar-refractivity contribution in [3.05, 3.63) is 82.2 Å². The number of aryl methyl sites for hydroxylation is 2. The molecule has 4 rings (SSSR count). The summed E-state index contributed by atoms with van der Waals surface area (Å²) in [5, 5.41) is 7.80. The number of pyridine rings is 1. The van der Waals surface area contributed by atoms with Gasteiger partial charge in [-0.3, -0.25) is 9.20 Å². The summed E-state index contributed by atoms with van der Waals surface area (Å²) in [6, 6.07) is 14.7. The monoisotopic (exact) mass is 420 g/mol. The third-order valence-electron chi connectivity index (χ3n) is 4.33. The van der Waals surface area contributed by atoms with Crippen LogP contribution < -0.4 is 11.0 Å². The second-order valence-electron chi connectivity index (χ2n) is 6.84. The van der Waals surface area contributed by atoms with Crippen molar-refractivity contribution in [2.24, 2.45) is 0 Å². The number of rotatable bonds is 6. The van der Waals surface area contributed by atoms with E-state index in [4.69, 9.17) is 0 Å². The Labute approximate surface area is 177 Å². The molecular weight excluding hydrogens is 400 g/mol. The minimum atomic E-state index is -0.204. The Morgan fingerprint density at radius 1 is 1.07 bits per heavy atom. The van der Waals surface area contributed by atoms with E-state index in [-0.39, 0.29) is 17.3 Å². The van der Waals surface area contributed by atoms with Crippen molar-refractivity contribution in [1.82, 2.24) is 24.1 Å². The number of anilines is 1. The molecule has 3 aromatic heterocycles.